The Morgan fingerprint density at radius 3 is 2.56 bits per heavy atom. The number of anilines is 1. The van der Waals surface area contributed by atoms with Crippen LogP contribution in [-0.4, -0.2) is 33.0 Å². The molecule has 6 nitrogen and oxygen atoms in total. The van der Waals surface area contributed by atoms with Crippen molar-refractivity contribution in [3.8, 4) is 0 Å². The van der Waals surface area contributed by atoms with Crippen LogP contribution in [0.5, 0.6) is 0 Å². The second-order valence-electron chi connectivity index (χ2n) is 8.24. The van der Waals surface area contributed by atoms with Gasteiger partial charge in [-0.2, -0.15) is 0 Å². The molecule has 3 rings (SSSR count). The van der Waals surface area contributed by atoms with Crippen LogP contribution in [-0.2, 0) is 14.8 Å². The van der Waals surface area contributed by atoms with Crippen molar-refractivity contribution in [3.63, 3.8) is 0 Å². The van der Waals surface area contributed by atoms with Crippen LogP contribution >= 0.6 is 0 Å². The fourth-order valence-electron chi connectivity index (χ4n) is 3.63. The number of benzene rings is 1. The number of sulfonamides is 1. The predicted molar refractivity (Wildman–Crippen MR) is 97.8 cm³/mol. The first-order valence-electron chi connectivity index (χ1n) is 8.77. The van der Waals surface area contributed by atoms with E-state index in [1.807, 2.05) is 0 Å². The Morgan fingerprint density at radius 2 is 1.92 bits per heavy atom. The lowest BCUT2D eigenvalue weighted by molar-refractivity contribution is -0.118. The summed E-state index contributed by atoms with van der Waals surface area (Å²) in [6, 6.07) is 6.43. The molecule has 1 aliphatic carbocycles. The molecule has 7 heteroatoms. The number of amides is 1. The van der Waals surface area contributed by atoms with Crippen LogP contribution < -0.4 is 15.4 Å². The van der Waals surface area contributed by atoms with E-state index in [0.717, 1.165) is 32.4 Å². The second kappa shape index (κ2) is 6.37. The Morgan fingerprint density at radius 1 is 1.24 bits per heavy atom. The molecule has 1 saturated carbocycles. The minimum Gasteiger partial charge on any atom is -0.326 e. The number of hydrogen-bond acceptors (Lipinski definition) is 4. The van der Waals surface area contributed by atoms with Gasteiger partial charge in [-0.05, 0) is 76.7 Å². The maximum atomic E-state index is 12.5. The van der Waals surface area contributed by atoms with Crippen molar-refractivity contribution in [1.82, 2.24) is 10.0 Å². The van der Waals surface area contributed by atoms with E-state index in [0.29, 0.717) is 5.69 Å². The molecular weight excluding hydrogens is 338 g/mol. The molecule has 3 N–H and O–H groups in total. The van der Waals surface area contributed by atoms with Gasteiger partial charge in [0.1, 0.15) is 0 Å². The van der Waals surface area contributed by atoms with Crippen molar-refractivity contribution in [2.45, 2.75) is 50.5 Å². The molecule has 1 heterocycles. The molecule has 1 aliphatic heterocycles. The number of nitrogens with one attached hydrogen (secondary N) is 3. The molecule has 0 aromatic heterocycles. The van der Waals surface area contributed by atoms with E-state index in [1.54, 1.807) is 32.9 Å². The molecule has 25 heavy (non-hydrogen) atoms. The van der Waals surface area contributed by atoms with Crippen LogP contribution in [0.1, 0.15) is 40.0 Å². The van der Waals surface area contributed by atoms with Gasteiger partial charge in [-0.25, -0.2) is 13.1 Å². The predicted octanol–water partition coefficient (Wildman–Crippen LogP) is 2.09. The Labute approximate surface area is 149 Å². The largest absolute Gasteiger partial charge is 0.326 e. The second-order valence-corrected chi connectivity index (χ2v) is 9.92. The Bertz CT molecular complexity index is 762. The average molecular weight is 365 g/mol. The molecule has 1 aromatic carbocycles. The average Bonchev–Trinajstić information content (AvgIpc) is 3.19. The van der Waals surface area contributed by atoms with E-state index in [4.69, 9.17) is 0 Å². The third-order valence-corrected chi connectivity index (χ3v) is 6.71. The smallest absolute Gasteiger partial charge is 0.241 e. The molecule has 1 spiro atoms. The minimum atomic E-state index is -3.62. The van der Waals surface area contributed by atoms with Crippen molar-refractivity contribution in [2.24, 2.45) is 11.3 Å². The van der Waals surface area contributed by atoms with Gasteiger partial charge in [-0.3, -0.25) is 4.79 Å². The molecule has 0 bridgehead atoms. The van der Waals surface area contributed by atoms with Crippen molar-refractivity contribution in [1.29, 1.82) is 0 Å². The zero-order valence-corrected chi connectivity index (χ0v) is 15.9. The lowest BCUT2D eigenvalue weighted by Gasteiger charge is -2.23. The number of hydrogen-bond donors (Lipinski definition) is 3. The van der Waals surface area contributed by atoms with Crippen molar-refractivity contribution in [2.75, 3.05) is 18.4 Å². The van der Waals surface area contributed by atoms with Gasteiger partial charge in [-0.1, -0.05) is 6.07 Å². The fraction of sp³-hybridized carbons (Fsp3) is 0.611. The summed E-state index contributed by atoms with van der Waals surface area (Å²) >= 11 is 0. The van der Waals surface area contributed by atoms with Crippen molar-refractivity contribution < 1.29 is 13.2 Å². The molecule has 2 aliphatic rings. The highest BCUT2D eigenvalue weighted by Gasteiger charge is 2.57. The normalized spacial score (nSPS) is 22.6. The van der Waals surface area contributed by atoms with E-state index < -0.39 is 15.6 Å². The number of carbonyl (C=O) groups is 1. The standard InChI is InChI=1S/C18H27N3O3S/c1-17(2,3)21-25(23,24)14-6-4-5-13(11-14)20-16(22)15-12-18(15)7-9-19-10-8-18/h4-6,11,15,19,21H,7-10,12H2,1-3H3,(H,20,22). The topological polar surface area (TPSA) is 87.3 Å². The van der Waals surface area contributed by atoms with Crippen LogP contribution in [0.25, 0.3) is 0 Å². The minimum absolute atomic E-state index is 0.000212. The molecule has 1 amide bonds. The number of carbonyl (C=O) groups excluding carboxylic acids is 1. The summed E-state index contributed by atoms with van der Waals surface area (Å²) in [5, 5.41) is 6.23. The highest BCUT2D eigenvalue weighted by atomic mass is 32.2. The summed E-state index contributed by atoms with van der Waals surface area (Å²) in [6.07, 6.45) is 3.01. The van der Waals surface area contributed by atoms with Crippen LogP contribution in [0.4, 0.5) is 5.69 Å². The van der Waals surface area contributed by atoms with Crippen molar-refractivity contribution >= 4 is 21.6 Å². The highest BCUT2D eigenvalue weighted by Crippen LogP contribution is 2.58. The van der Waals surface area contributed by atoms with Gasteiger partial charge in [0.05, 0.1) is 4.90 Å². The van der Waals surface area contributed by atoms with E-state index in [-0.39, 0.29) is 22.1 Å². The van der Waals surface area contributed by atoms with Crippen LogP contribution in [0.2, 0.25) is 0 Å². The molecule has 0 radical (unpaired) electrons. The summed E-state index contributed by atoms with van der Waals surface area (Å²) in [4.78, 5) is 12.7. The van der Waals surface area contributed by atoms with E-state index >= 15 is 0 Å². The SMILES string of the molecule is CC(C)(C)NS(=O)(=O)c1cccc(NC(=O)C2CC23CCNCC3)c1. The summed E-state index contributed by atoms with van der Waals surface area (Å²) in [7, 11) is -3.62. The van der Waals surface area contributed by atoms with Gasteiger partial charge >= 0.3 is 0 Å². The van der Waals surface area contributed by atoms with Crippen LogP contribution in [0.3, 0.4) is 0 Å². The third kappa shape index (κ3) is 4.22. The first-order valence-corrected chi connectivity index (χ1v) is 10.3. The zero-order valence-electron chi connectivity index (χ0n) is 15.1. The molecule has 138 valence electrons. The molecular formula is C18H27N3O3S. The van der Waals surface area contributed by atoms with Gasteiger partial charge in [0, 0.05) is 17.1 Å². The number of piperidine rings is 1. The molecule has 2 fully saturated rings. The van der Waals surface area contributed by atoms with E-state index in [2.05, 4.69) is 15.4 Å². The van der Waals surface area contributed by atoms with Gasteiger partial charge in [0.15, 0.2) is 0 Å². The lowest BCUT2D eigenvalue weighted by atomic mass is 9.92. The highest BCUT2D eigenvalue weighted by molar-refractivity contribution is 7.89. The first-order chi connectivity index (χ1) is 11.6. The molecule has 1 atom stereocenters. The first kappa shape index (κ1) is 18.4. The summed E-state index contributed by atoms with van der Waals surface area (Å²) < 4.78 is 27.5. The van der Waals surface area contributed by atoms with Gasteiger partial charge < -0.3 is 10.6 Å². The molecule has 1 saturated heterocycles. The lowest BCUT2D eigenvalue weighted by Crippen LogP contribution is -2.40. The zero-order chi connectivity index (χ0) is 18.3. The third-order valence-electron chi connectivity index (χ3n) is 4.96. The Hall–Kier alpha value is -1.44. The Kier molecular flexibility index (Phi) is 4.68. The van der Waals surface area contributed by atoms with Crippen molar-refractivity contribution in [3.05, 3.63) is 24.3 Å². The number of rotatable bonds is 4. The van der Waals surface area contributed by atoms with Gasteiger partial charge in [0.2, 0.25) is 15.9 Å². The summed E-state index contributed by atoms with van der Waals surface area (Å²) in [5.74, 6) is 0.0443. The van der Waals surface area contributed by atoms with Gasteiger partial charge in [0.25, 0.3) is 0 Å². The Balaban J connectivity index is 1.69. The quantitative estimate of drug-likeness (QED) is 0.762. The van der Waals surface area contributed by atoms with Crippen LogP contribution in [0, 0.1) is 11.3 Å². The maximum Gasteiger partial charge on any atom is 0.241 e. The monoisotopic (exact) mass is 365 g/mol. The van der Waals surface area contributed by atoms with E-state index in [9.17, 15) is 13.2 Å². The molecule has 1 unspecified atom stereocenters. The fourth-order valence-corrected chi connectivity index (χ4v) is 5.09. The van der Waals surface area contributed by atoms with Gasteiger partial charge in [-0.15, -0.1) is 0 Å². The van der Waals surface area contributed by atoms with Crippen LogP contribution in [0.15, 0.2) is 29.2 Å². The van der Waals surface area contributed by atoms with E-state index in [1.165, 1.54) is 12.1 Å². The summed E-state index contributed by atoms with van der Waals surface area (Å²) in [6.45, 7) is 7.32. The summed E-state index contributed by atoms with van der Waals surface area (Å²) in [5.41, 5.74) is 0.123. The molecule has 1 aromatic rings. The maximum absolute atomic E-state index is 12.5.